The molecule has 0 saturated heterocycles. The Morgan fingerprint density at radius 3 is 2.80 bits per heavy atom. The number of rotatable bonds is 4. The fourth-order valence-corrected chi connectivity index (χ4v) is 3.79. The molecule has 1 aromatic heterocycles. The molecule has 0 bridgehead atoms. The fraction of sp³-hybridized carbons (Fsp3) is 0.562. The van der Waals surface area contributed by atoms with Gasteiger partial charge >= 0.3 is 0 Å². The summed E-state index contributed by atoms with van der Waals surface area (Å²) in [7, 11) is 0. The van der Waals surface area contributed by atoms with Gasteiger partial charge in [-0.2, -0.15) is 0 Å². The Balaban J connectivity index is 1.74. The van der Waals surface area contributed by atoms with Gasteiger partial charge in [-0.3, -0.25) is 0 Å². The van der Waals surface area contributed by atoms with Gasteiger partial charge in [0.05, 0.1) is 16.8 Å². The van der Waals surface area contributed by atoms with E-state index in [1.54, 1.807) is 11.3 Å². The van der Waals surface area contributed by atoms with E-state index < -0.39 is 0 Å². The summed E-state index contributed by atoms with van der Waals surface area (Å²) in [5.74, 6) is 0.935. The summed E-state index contributed by atoms with van der Waals surface area (Å²) in [5, 5.41) is 4.68. The van der Waals surface area contributed by atoms with Gasteiger partial charge in [0.15, 0.2) is 5.13 Å². The minimum Gasteiger partial charge on any atom is -0.494 e. The molecule has 4 heteroatoms. The first kappa shape index (κ1) is 13.7. The van der Waals surface area contributed by atoms with E-state index in [-0.39, 0.29) is 0 Å². The van der Waals surface area contributed by atoms with Crippen LogP contribution in [0.1, 0.15) is 45.4 Å². The highest BCUT2D eigenvalue weighted by atomic mass is 32.1. The molecule has 0 atom stereocenters. The predicted octanol–water partition coefficient (Wildman–Crippen LogP) is 4.83. The third-order valence-electron chi connectivity index (χ3n) is 3.85. The van der Waals surface area contributed by atoms with Crippen molar-refractivity contribution in [2.75, 3.05) is 11.9 Å². The lowest BCUT2D eigenvalue weighted by atomic mass is 10.1. The van der Waals surface area contributed by atoms with Crippen LogP contribution in [-0.2, 0) is 0 Å². The van der Waals surface area contributed by atoms with E-state index in [0.29, 0.717) is 12.6 Å². The molecule has 0 radical (unpaired) electrons. The minimum atomic E-state index is 0.601. The number of ether oxygens (including phenoxy) is 1. The quantitative estimate of drug-likeness (QED) is 0.819. The number of hydrogen-bond donors (Lipinski definition) is 1. The maximum absolute atomic E-state index is 5.55. The molecule has 20 heavy (non-hydrogen) atoms. The third-order valence-corrected chi connectivity index (χ3v) is 4.80. The summed E-state index contributed by atoms with van der Waals surface area (Å²) in [6.45, 7) is 2.72. The van der Waals surface area contributed by atoms with Crippen molar-refractivity contribution in [1.82, 2.24) is 4.98 Å². The molecule has 3 nitrogen and oxygen atoms in total. The summed E-state index contributed by atoms with van der Waals surface area (Å²) in [5.41, 5.74) is 1.06. The Morgan fingerprint density at radius 2 is 2.05 bits per heavy atom. The van der Waals surface area contributed by atoms with Crippen LogP contribution in [0.15, 0.2) is 18.2 Å². The number of aromatic nitrogens is 1. The third kappa shape index (κ3) is 3.23. The van der Waals surface area contributed by atoms with Crippen molar-refractivity contribution in [3.63, 3.8) is 0 Å². The lowest BCUT2D eigenvalue weighted by Crippen LogP contribution is -2.17. The molecule has 108 valence electrons. The maximum Gasteiger partial charge on any atom is 0.184 e. The number of hydrogen-bond acceptors (Lipinski definition) is 4. The zero-order valence-electron chi connectivity index (χ0n) is 12.0. The van der Waals surface area contributed by atoms with Crippen molar-refractivity contribution in [3.05, 3.63) is 18.2 Å². The van der Waals surface area contributed by atoms with Crippen LogP contribution in [0.5, 0.6) is 5.75 Å². The van der Waals surface area contributed by atoms with Crippen LogP contribution in [0, 0.1) is 0 Å². The molecule has 0 aliphatic heterocycles. The van der Waals surface area contributed by atoms with Crippen LogP contribution >= 0.6 is 11.3 Å². The number of anilines is 1. The second kappa shape index (κ2) is 6.44. The van der Waals surface area contributed by atoms with Gasteiger partial charge in [-0.15, -0.1) is 0 Å². The van der Waals surface area contributed by atoms with Crippen LogP contribution in [0.4, 0.5) is 5.13 Å². The van der Waals surface area contributed by atoms with Gasteiger partial charge < -0.3 is 10.1 Å². The molecule has 2 aromatic rings. The zero-order valence-corrected chi connectivity index (χ0v) is 12.8. The Bertz CT molecular complexity index is 559. The zero-order chi connectivity index (χ0) is 13.8. The van der Waals surface area contributed by atoms with Crippen LogP contribution < -0.4 is 10.1 Å². The normalized spacial score (nSPS) is 17.1. The standard InChI is InChI=1S/C16H22N2OS/c1-2-19-13-9-10-14-15(11-13)20-16(18-14)17-12-7-5-3-4-6-8-12/h9-12H,2-8H2,1H3,(H,17,18). The first-order valence-corrected chi connectivity index (χ1v) is 8.47. The molecular formula is C16H22N2OS. The van der Waals surface area contributed by atoms with Gasteiger partial charge in [0, 0.05) is 6.04 Å². The van der Waals surface area contributed by atoms with Gasteiger partial charge in [0.2, 0.25) is 0 Å². The van der Waals surface area contributed by atoms with Crippen molar-refractivity contribution in [2.45, 2.75) is 51.5 Å². The van der Waals surface area contributed by atoms with E-state index in [1.807, 2.05) is 13.0 Å². The Kier molecular flexibility index (Phi) is 4.41. The Hall–Kier alpha value is -1.29. The SMILES string of the molecule is CCOc1ccc2nc(NC3CCCCCC3)sc2c1. The number of nitrogens with one attached hydrogen (secondary N) is 1. The maximum atomic E-state index is 5.55. The summed E-state index contributed by atoms with van der Waals surface area (Å²) in [6.07, 6.45) is 8.01. The van der Waals surface area contributed by atoms with Gasteiger partial charge in [0.25, 0.3) is 0 Å². The van der Waals surface area contributed by atoms with Crippen molar-refractivity contribution < 1.29 is 4.74 Å². The van der Waals surface area contributed by atoms with Crippen molar-refractivity contribution >= 4 is 26.7 Å². The summed E-state index contributed by atoms with van der Waals surface area (Å²) >= 11 is 1.74. The molecule has 0 unspecified atom stereocenters. The van der Waals surface area contributed by atoms with Crippen LogP contribution in [0.3, 0.4) is 0 Å². The summed E-state index contributed by atoms with van der Waals surface area (Å²) < 4.78 is 6.75. The average Bonchev–Trinajstić information content (AvgIpc) is 2.65. The first-order chi connectivity index (χ1) is 9.85. The van der Waals surface area contributed by atoms with Gasteiger partial charge in [-0.1, -0.05) is 37.0 Å². The molecule has 1 aliphatic rings. The van der Waals surface area contributed by atoms with Crippen LogP contribution in [0.2, 0.25) is 0 Å². The van der Waals surface area contributed by atoms with E-state index >= 15 is 0 Å². The van der Waals surface area contributed by atoms with E-state index in [9.17, 15) is 0 Å². The molecule has 0 spiro atoms. The minimum absolute atomic E-state index is 0.601. The molecular weight excluding hydrogens is 268 g/mol. The van der Waals surface area contributed by atoms with Gasteiger partial charge in [-0.05, 0) is 38.0 Å². The van der Waals surface area contributed by atoms with E-state index in [2.05, 4.69) is 17.4 Å². The smallest absolute Gasteiger partial charge is 0.184 e. The highest BCUT2D eigenvalue weighted by Crippen LogP contribution is 2.31. The lowest BCUT2D eigenvalue weighted by molar-refractivity contribution is 0.341. The summed E-state index contributed by atoms with van der Waals surface area (Å²) in [4.78, 5) is 4.69. The molecule has 1 aliphatic carbocycles. The molecule has 1 fully saturated rings. The van der Waals surface area contributed by atoms with Gasteiger partial charge in [0.1, 0.15) is 5.75 Å². The Morgan fingerprint density at radius 1 is 1.25 bits per heavy atom. The van der Waals surface area contributed by atoms with E-state index in [4.69, 9.17) is 9.72 Å². The average molecular weight is 290 g/mol. The summed E-state index contributed by atoms with van der Waals surface area (Å²) in [6, 6.07) is 6.75. The van der Waals surface area contributed by atoms with Crippen LogP contribution in [-0.4, -0.2) is 17.6 Å². The van der Waals surface area contributed by atoms with Gasteiger partial charge in [-0.25, -0.2) is 4.98 Å². The number of nitrogens with zero attached hydrogens (tertiary/aromatic N) is 1. The Labute approximate surface area is 124 Å². The number of benzene rings is 1. The molecule has 1 saturated carbocycles. The monoisotopic (exact) mass is 290 g/mol. The molecule has 1 heterocycles. The first-order valence-electron chi connectivity index (χ1n) is 7.65. The fourth-order valence-electron chi connectivity index (χ4n) is 2.82. The highest BCUT2D eigenvalue weighted by molar-refractivity contribution is 7.22. The van der Waals surface area contributed by atoms with E-state index in [1.165, 1.54) is 43.2 Å². The van der Waals surface area contributed by atoms with Crippen molar-refractivity contribution in [1.29, 1.82) is 0 Å². The van der Waals surface area contributed by atoms with E-state index in [0.717, 1.165) is 16.4 Å². The number of thiazole rings is 1. The number of fused-ring (bicyclic) bond motifs is 1. The molecule has 0 amide bonds. The predicted molar refractivity (Wildman–Crippen MR) is 85.9 cm³/mol. The lowest BCUT2D eigenvalue weighted by Gasteiger charge is -2.14. The highest BCUT2D eigenvalue weighted by Gasteiger charge is 2.14. The largest absolute Gasteiger partial charge is 0.494 e. The molecule has 1 N–H and O–H groups in total. The molecule has 1 aromatic carbocycles. The van der Waals surface area contributed by atoms with Crippen molar-refractivity contribution in [2.24, 2.45) is 0 Å². The topological polar surface area (TPSA) is 34.1 Å². The second-order valence-corrected chi connectivity index (χ2v) is 6.45. The second-order valence-electron chi connectivity index (χ2n) is 5.41. The van der Waals surface area contributed by atoms with Crippen molar-refractivity contribution in [3.8, 4) is 5.75 Å². The van der Waals surface area contributed by atoms with Crippen LogP contribution in [0.25, 0.3) is 10.2 Å². The molecule has 3 rings (SSSR count).